The number of rotatable bonds is 6. The Kier molecular flexibility index (Phi) is 4.85. The molecule has 0 unspecified atom stereocenters. The number of H-pyrrole nitrogens is 1. The maximum absolute atomic E-state index is 3.57. The number of nitrogens with one attached hydrogen (secondary N) is 1. The van der Waals surface area contributed by atoms with Crippen LogP contribution in [-0.2, 0) is 19.6 Å². The second-order valence-electron chi connectivity index (χ2n) is 6.61. The number of aryl methyl sites for hydroxylation is 1. The zero-order valence-corrected chi connectivity index (χ0v) is 15.2. The minimum absolute atomic E-state index is 0.946. The first kappa shape index (κ1) is 16.2. The van der Waals surface area contributed by atoms with Crippen molar-refractivity contribution in [2.24, 2.45) is 0 Å². The Morgan fingerprint density at radius 1 is 1.04 bits per heavy atom. The van der Waals surface area contributed by atoms with E-state index in [-0.39, 0.29) is 0 Å². The molecule has 23 heavy (non-hydrogen) atoms. The number of para-hydroxylation sites is 1. The topological polar surface area (TPSA) is 22.3 Å². The highest BCUT2D eigenvalue weighted by Crippen LogP contribution is 2.23. The van der Waals surface area contributed by atoms with E-state index < -0.39 is 0 Å². The molecule has 0 radical (unpaired) electrons. The predicted molar refractivity (Wildman–Crippen MR) is 99.9 cm³/mol. The molecule has 0 saturated carbocycles. The molecule has 1 N–H and O–H groups in total. The van der Waals surface area contributed by atoms with Crippen LogP contribution in [-0.4, -0.2) is 35.9 Å². The van der Waals surface area contributed by atoms with Crippen molar-refractivity contribution in [1.82, 2.24) is 14.8 Å². The second-order valence-corrected chi connectivity index (χ2v) is 7.60. The van der Waals surface area contributed by atoms with E-state index in [2.05, 4.69) is 78.6 Å². The van der Waals surface area contributed by atoms with Crippen molar-refractivity contribution in [3.63, 3.8) is 0 Å². The van der Waals surface area contributed by atoms with Crippen molar-refractivity contribution < 1.29 is 0 Å². The summed E-state index contributed by atoms with van der Waals surface area (Å²) in [5, 5.41) is 3.61. The lowest BCUT2D eigenvalue weighted by Gasteiger charge is -2.15. The first-order valence-electron chi connectivity index (χ1n) is 7.98. The minimum atomic E-state index is 0.946. The fourth-order valence-electron chi connectivity index (χ4n) is 3.05. The maximum atomic E-state index is 3.57. The van der Waals surface area contributed by atoms with Gasteiger partial charge in [-0.3, -0.25) is 4.90 Å². The largest absolute Gasteiger partial charge is 0.357 e. The molecule has 0 spiro atoms. The lowest BCUT2D eigenvalue weighted by molar-refractivity contribution is 0.318. The third-order valence-electron chi connectivity index (χ3n) is 4.13. The van der Waals surface area contributed by atoms with Crippen LogP contribution in [0.1, 0.15) is 21.7 Å². The van der Waals surface area contributed by atoms with Gasteiger partial charge in [-0.15, -0.1) is 11.3 Å². The number of thiophene rings is 1. The average molecular weight is 327 g/mol. The summed E-state index contributed by atoms with van der Waals surface area (Å²) in [7, 11) is 6.42. The molecule has 0 aliphatic rings. The number of aromatic nitrogens is 1. The van der Waals surface area contributed by atoms with E-state index in [1.54, 1.807) is 0 Å². The van der Waals surface area contributed by atoms with Crippen LogP contribution < -0.4 is 0 Å². The molecule has 4 heteroatoms. The summed E-state index contributed by atoms with van der Waals surface area (Å²) >= 11 is 1.86. The highest BCUT2D eigenvalue weighted by molar-refractivity contribution is 7.10. The Bertz CT molecular complexity index is 785. The molecule has 0 fully saturated rings. The number of hydrogen-bond donors (Lipinski definition) is 1. The van der Waals surface area contributed by atoms with E-state index in [1.807, 2.05) is 11.3 Å². The second kappa shape index (κ2) is 6.87. The van der Waals surface area contributed by atoms with Crippen LogP contribution in [0.4, 0.5) is 0 Å². The average Bonchev–Trinajstić information content (AvgIpc) is 3.04. The SMILES string of the molecule is Cc1c(CN(C)Cc2cc(CN(C)C)cs2)[nH]c2ccccc12. The lowest BCUT2D eigenvalue weighted by Crippen LogP contribution is -2.17. The molecule has 1 aromatic carbocycles. The van der Waals surface area contributed by atoms with Crippen LogP contribution >= 0.6 is 11.3 Å². The van der Waals surface area contributed by atoms with Gasteiger partial charge in [-0.1, -0.05) is 18.2 Å². The number of nitrogens with zero attached hydrogens (tertiary/aromatic N) is 2. The van der Waals surface area contributed by atoms with Crippen LogP contribution in [0.5, 0.6) is 0 Å². The van der Waals surface area contributed by atoms with Crippen LogP contribution in [0.3, 0.4) is 0 Å². The minimum Gasteiger partial charge on any atom is -0.357 e. The molecule has 2 aromatic heterocycles. The van der Waals surface area contributed by atoms with Gasteiger partial charge in [0.15, 0.2) is 0 Å². The van der Waals surface area contributed by atoms with Crippen molar-refractivity contribution in [3.05, 3.63) is 57.4 Å². The molecule has 3 aromatic rings. The van der Waals surface area contributed by atoms with Crippen molar-refractivity contribution in [3.8, 4) is 0 Å². The smallest absolute Gasteiger partial charge is 0.0459 e. The molecule has 0 aliphatic carbocycles. The molecule has 2 heterocycles. The van der Waals surface area contributed by atoms with E-state index in [1.165, 1.54) is 32.6 Å². The summed E-state index contributed by atoms with van der Waals surface area (Å²) in [4.78, 5) is 9.59. The third kappa shape index (κ3) is 3.83. The summed E-state index contributed by atoms with van der Waals surface area (Å²) in [5.41, 5.74) is 5.33. The van der Waals surface area contributed by atoms with Gasteiger partial charge in [0, 0.05) is 41.1 Å². The summed E-state index contributed by atoms with van der Waals surface area (Å²) in [6.07, 6.45) is 0. The van der Waals surface area contributed by atoms with Crippen LogP contribution in [0.2, 0.25) is 0 Å². The first-order chi connectivity index (χ1) is 11.0. The molecule has 0 atom stereocenters. The molecule has 122 valence electrons. The maximum Gasteiger partial charge on any atom is 0.0459 e. The van der Waals surface area contributed by atoms with E-state index in [0.29, 0.717) is 0 Å². The first-order valence-corrected chi connectivity index (χ1v) is 8.86. The van der Waals surface area contributed by atoms with Crippen LogP contribution in [0, 0.1) is 6.92 Å². The standard InChI is InChI=1S/C19H25N3S/c1-14-17-7-5-6-8-18(17)20-19(14)12-22(4)11-16-9-15(13-23-16)10-21(2)3/h5-9,13,20H,10-12H2,1-4H3. The van der Waals surface area contributed by atoms with Crippen molar-refractivity contribution in [1.29, 1.82) is 0 Å². The molecule has 0 aliphatic heterocycles. The van der Waals surface area contributed by atoms with E-state index in [0.717, 1.165) is 19.6 Å². The highest BCUT2D eigenvalue weighted by atomic mass is 32.1. The van der Waals surface area contributed by atoms with Crippen molar-refractivity contribution >= 4 is 22.2 Å². The van der Waals surface area contributed by atoms with Gasteiger partial charge in [0.05, 0.1) is 0 Å². The quantitative estimate of drug-likeness (QED) is 0.732. The Morgan fingerprint density at radius 2 is 1.83 bits per heavy atom. The van der Waals surface area contributed by atoms with Crippen molar-refractivity contribution in [2.75, 3.05) is 21.1 Å². The monoisotopic (exact) mass is 327 g/mol. The van der Waals surface area contributed by atoms with Crippen molar-refractivity contribution in [2.45, 2.75) is 26.6 Å². The third-order valence-corrected chi connectivity index (χ3v) is 5.10. The van der Waals surface area contributed by atoms with Crippen LogP contribution in [0.15, 0.2) is 35.7 Å². The molecule has 3 nitrogen and oxygen atoms in total. The predicted octanol–water partition coefficient (Wildman–Crippen LogP) is 4.23. The number of aromatic amines is 1. The van der Waals surface area contributed by atoms with Gasteiger partial charge in [-0.25, -0.2) is 0 Å². The van der Waals surface area contributed by atoms with Gasteiger partial charge in [-0.05, 0) is 56.7 Å². The van der Waals surface area contributed by atoms with E-state index in [9.17, 15) is 0 Å². The highest BCUT2D eigenvalue weighted by Gasteiger charge is 2.10. The van der Waals surface area contributed by atoms with Gasteiger partial charge in [-0.2, -0.15) is 0 Å². The summed E-state index contributed by atoms with van der Waals surface area (Å²) < 4.78 is 0. The lowest BCUT2D eigenvalue weighted by atomic mass is 10.1. The molecular weight excluding hydrogens is 302 g/mol. The fourth-order valence-corrected chi connectivity index (χ4v) is 4.00. The normalized spacial score (nSPS) is 11.9. The van der Waals surface area contributed by atoms with Gasteiger partial charge in [0.1, 0.15) is 0 Å². The van der Waals surface area contributed by atoms with E-state index >= 15 is 0 Å². The van der Waals surface area contributed by atoms with Gasteiger partial charge in [0.25, 0.3) is 0 Å². The fraction of sp³-hybridized carbons (Fsp3) is 0.368. The Morgan fingerprint density at radius 3 is 2.57 bits per heavy atom. The summed E-state index contributed by atoms with van der Waals surface area (Å²) in [6.45, 7) is 5.16. The summed E-state index contributed by atoms with van der Waals surface area (Å²) in [6, 6.07) is 10.9. The molecule has 0 bridgehead atoms. The molecule has 0 saturated heterocycles. The number of benzene rings is 1. The van der Waals surface area contributed by atoms with Gasteiger partial charge < -0.3 is 9.88 Å². The number of fused-ring (bicyclic) bond motifs is 1. The van der Waals surface area contributed by atoms with Crippen LogP contribution in [0.25, 0.3) is 10.9 Å². The Balaban J connectivity index is 1.67. The Labute approximate surface area is 142 Å². The molecular formula is C19H25N3S. The van der Waals surface area contributed by atoms with E-state index in [4.69, 9.17) is 0 Å². The van der Waals surface area contributed by atoms with Gasteiger partial charge in [0.2, 0.25) is 0 Å². The zero-order valence-electron chi connectivity index (χ0n) is 14.4. The zero-order chi connectivity index (χ0) is 16.4. The summed E-state index contributed by atoms with van der Waals surface area (Å²) in [5.74, 6) is 0. The number of hydrogen-bond acceptors (Lipinski definition) is 3. The molecule has 0 amide bonds. The van der Waals surface area contributed by atoms with Gasteiger partial charge >= 0.3 is 0 Å². The Hall–Kier alpha value is -1.62. The molecule has 3 rings (SSSR count).